The Morgan fingerprint density at radius 2 is 1.38 bits per heavy atom. The van der Waals surface area contributed by atoms with Gasteiger partial charge >= 0.3 is 0 Å². The molecule has 0 radical (unpaired) electrons. The number of methoxy groups -OCH3 is 2. The molecule has 1 aliphatic rings. The average Bonchev–Trinajstić information content (AvgIpc) is 3.09. The van der Waals surface area contributed by atoms with Gasteiger partial charge in [-0.25, -0.2) is 0 Å². The second kappa shape index (κ2) is 8.88. The molecular weight excluding hydrogens is 474 g/mol. The number of ketones is 1. The van der Waals surface area contributed by atoms with E-state index in [-0.39, 0.29) is 11.3 Å². The molecule has 162 valence electrons. The van der Waals surface area contributed by atoms with E-state index in [2.05, 4.69) is 15.9 Å². The van der Waals surface area contributed by atoms with E-state index in [0.29, 0.717) is 28.3 Å². The molecule has 3 aromatic carbocycles. The van der Waals surface area contributed by atoms with Gasteiger partial charge in [-0.05, 0) is 66.2 Å². The van der Waals surface area contributed by atoms with E-state index >= 15 is 0 Å². The highest BCUT2D eigenvalue weighted by molar-refractivity contribution is 9.10. The second-order valence-corrected chi connectivity index (χ2v) is 8.06. The van der Waals surface area contributed by atoms with E-state index in [1.807, 2.05) is 24.3 Å². The van der Waals surface area contributed by atoms with E-state index in [1.165, 1.54) is 4.90 Å². The van der Waals surface area contributed by atoms with Gasteiger partial charge in [0.15, 0.2) is 0 Å². The smallest absolute Gasteiger partial charge is 0.300 e. The molecule has 0 aromatic heterocycles. The minimum atomic E-state index is -0.793. The summed E-state index contributed by atoms with van der Waals surface area (Å²) >= 11 is 3.41. The molecule has 32 heavy (non-hydrogen) atoms. The Morgan fingerprint density at radius 1 is 0.844 bits per heavy atom. The lowest BCUT2D eigenvalue weighted by atomic mass is 9.95. The number of aliphatic hydroxyl groups excluding tert-OH is 1. The van der Waals surface area contributed by atoms with Crippen molar-refractivity contribution in [2.45, 2.75) is 6.04 Å². The summed E-state index contributed by atoms with van der Waals surface area (Å²) in [5.74, 6) is -0.455. The number of Topliss-reactive ketones (excluding diaryl/α,β-unsaturated/α-hetero) is 1. The maximum absolute atomic E-state index is 13.1. The number of nitrogens with zero attached hydrogens (tertiary/aromatic N) is 1. The van der Waals surface area contributed by atoms with Gasteiger partial charge < -0.3 is 14.6 Å². The highest BCUT2D eigenvalue weighted by Crippen LogP contribution is 2.42. The summed E-state index contributed by atoms with van der Waals surface area (Å²) in [4.78, 5) is 27.7. The zero-order valence-electron chi connectivity index (χ0n) is 17.4. The van der Waals surface area contributed by atoms with Crippen molar-refractivity contribution in [3.8, 4) is 11.5 Å². The van der Waals surface area contributed by atoms with Crippen LogP contribution in [-0.4, -0.2) is 31.0 Å². The first-order valence-corrected chi connectivity index (χ1v) is 10.6. The largest absolute Gasteiger partial charge is 0.507 e. The van der Waals surface area contributed by atoms with Crippen molar-refractivity contribution in [2.24, 2.45) is 0 Å². The van der Waals surface area contributed by atoms with Crippen molar-refractivity contribution < 1.29 is 24.2 Å². The summed E-state index contributed by atoms with van der Waals surface area (Å²) in [6, 6.07) is 20.0. The maximum atomic E-state index is 13.1. The molecule has 0 spiro atoms. The summed E-state index contributed by atoms with van der Waals surface area (Å²) in [5, 5.41) is 11.1. The lowest BCUT2D eigenvalue weighted by molar-refractivity contribution is -0.132. The third kappa shape index (κ3) is 3.87. The number of amides is 1. The zero-order valence-corrected chi connectivity index (χ0v) is 19.0. The van der Waals surface area contributed by atoms with Crippen LogP contribution in [0.1, 0.15) is 17.2 Å². The molecular formula is C25H20BrNO5. The van der Waals surface area contributed by atoms with Crippen molar-refractivity contribution in [3.05, 3.63) is 94.0 Å². The molecule has 6 nitrogen and oxygen atoms in total. The van der Waals surface area contributed by atoms with Crippen LogP contribution < -0.4 is 14.4 Å². The number of halogens is 1. The molecule has 3 aromatic rings. The van der Waals surface area contributed by atoms with Gasteiger partial charge in [-0.2, -0.15) is 0 Å². The van der Waals surface area contributed by atoms with Gasteiger partial charge in [0.2, 0.25) is 0 Å². The third-order valence-corrected chi connectivity index (χ3v) is 5.87. The quantitative estimate of drug-likeness (QED) is 0.304. The SMILES string of the molecule is COc1ccc(C(O)=C2C(=O)C(=O)N(c3ccc(OC)cc3)C2c2ccc(Br)cc2)cc1. The van der Waals surface area contributed by atoms with Gasteiger partial charge in [0.25, 0.3) is 11.7 Å². The molecule has 1 amide bonds. The number of carbonyl (C=O) groups is 2. The second-order valence-electron chi connectivity index (χ2n) is 7.15. The van der Waals surface area contributed by atoms with Crippen LogP contribution in [0.5, 0.6) is 11.5 Å². The van der Waals surface area contributed by atoms with E-state index in [4.69, 9.17) is 9.47 Å². The Morgan fingerprint density at radius 3 is 1.91 bits per heavy atom. The van der Waals surface area contributed by atoms with E-state index < -0.39 is 17.7 Å². The van der Waals surface area contributed by atoms with Gasteiger partial charge in [0.05, 0.1) is 25.8 Å². The minimum absolute atomic E-state index is 0.0262. The lowest BCUT2D eigenvalue weighted by Crippen LogP contribution is -2.29. The number of hydrogen-bond acceptors (Lipinski definition) is 5. The Balaban J connectivity index is 1.89. The fourth-order valence-electron chi connectivity index (χ4n) is 3.71. The van der Waals surface area contributed by atoms with Crippen molar-refractivity contribution in [3.63, 3.8) is 0 Å². The van der Waals surface area contributed by atoms with Crippen LogP contribution in [-0.2, 0) is 9.59 Å². The number of benzene rings is 3. The van der Waals surface area contributed by atoms with Crippen molar-refractivity contribution >= 4 is 39.1 Å². The zero-order chi connectivity index (χ0) is 22.8. The molecule has 1 saturated heterocycles. The summed E-state index contributed by atoms with van der Waals surface area (Å²) in [7, 11) is 3.10. The molecule has 1 fully saturated rings. The Kier molecular flexibility index (Phi) is 6.01. The first-order chi connectivity index (χ1) is 15.4. The predicted molar refractivity (Wildman–Crippen MR) is 125 cm³/mol. The van der Waals surface area contributed by atoms with Crippen molar-refractivity contribution in [2.75, 3.05) is 19.1 Å². The molecule has 1 unspecified atom stereocenters. The number of anilines is 1. The molecule has 1 aliphatic heterocycles. The Bertz CT molecular complexity index is 1180. The molecule has 1 atom stereocenters. The standard InChI is InChI=1S/C25H20BrNO5/c1-31-19-11-5-16(6-12-19)23(28)21-22(15-3-7-17(26)8-4-15)27(25(30)24(21)29)18-9-13-20(32-2)14-10-18/h3-14,22,28H,1-2H3. The fraction of sp³-hybridized carbons (Fsp3) is 0.120. The van der Waals surface area contributed by atoms with Crippen molar-refractivity contribution in [1.29, 1.82) is 0 Å². The summed E-state index contributed by atoms with van der Waals surface area (Å²) in [6.07, 6.45) is 0. The molecule has 0 bridgehead atoms. The maximum Gasteiger partial charge on any atom is 0.300 e. The minimum Gasteiger partial charge on any atom is -0.507 e. The molecule has 1 heterocycles. The fourth-order valence-corrected chi connectivity index (χ4v) is 3.97. The molecule has 4 rings (SSSR count). The average molecular weight is 494 g/mol. The van der Waals surface area contributed by atoms with Gasteiger partial charge in [0, 0.05) is 15.7 Å². The predicted octanol–water partition coefficient (Wildman–Crippen LogP) is 5.09. The lowest BCUT2D eigenvalue weighted by Gasteiger charge is -2.25. The molecule has 1 N–H and O–H groups in total. The van der Waals surface area contributed by atoms with Crippen LogP contribution in [0, 0.1) is 0 Å². The monoisotopic (exact) mass is 493 g/mol. The van der Waals surface area contributed by atoms with Gasteiger partial charge in [-0.3, -0.25) is 14.5 Å². The molecule has 0 aliphatic carbocycles. The van der Waals surface area contributed by atoms with Crippen LogP contribution in [0.2, 0.25) is 0 Å². The van der Waals surface area contributed by atoms with Gasteiger partial charge in [0.1, 0.15) is 17.3 Å². The highest BCUT2D eigenvalue weighted by atomic mass is 79.9. The normalized spacial score (nSPS) is 17.5. The summed E-state index contributed by atoms with van der Waals surface area (Å²) in [6.45, 7) is 0. The van der Waals surface area contributed by atoms with Crippen LogP contribution in [0.3, 0.4) is 0 Å². The van der Waals surface area contributed by atoms with Crippen LogP contribution in [0.4, 0.5) is 5.69 Å². The first-order valence-electron chi connectivity index (χ1n) is 9.79. The number of hydrogen-bond donors (Lipinski definition) is 1. The molecule has 7 heteroatoms. The number of carbonyl (C=O) groups excluding carboxylic acids is 2. The van der Waals surface area contributed by atoms with E-state index in [1.54, 1.807) is 62.8 Å². The first kappa shape index (κ1) is 21.6. The topological polar surface area (TPSA) is 76.1 Å². The van der Waals surface area contributed by atoms with Crippen molar-refractivity contribution in [1.82, 2.24) is 0 Å². The van der Waals surface area contributed by atoms with Gasteiger partial charge in [-0.15, -0.1) is 0 Å². The summed E-state index contributed by atoms with van der Waals surface area (Å²) < 4.78 is 11.2. The third-order valence-electron chi connectivity index (χ3n) is 5.34. The summed E-state index contributed by atoms with van der Waals surface area (Å²) in [5.41, 5.74) is 1.66. The number of rotatable bonds is 5. The number of ether oxygens (including phenoxy) is 2. The number of aliphatic hydroxyl groups is 1. The Hall–Kier alpha value is -3.58. The van der Waals surface area contributed by atoms with Gasteiger partial charge in [-0.1, -0.05) is 28.1 Å². The van der Waals surface area contributed by atoms with Crippen LogP contribution in [0.25, 0.3) is 5.76 Å². The van der Waals surface area contributed by atoms with E-state index in [0.717, 1.165) is 4.47 Å². The highest BCUT2D eigenvalue weighted by Gasteiger charge is 2.46. The van der Waals surface area contributed by atoms with E-state index in [9.17, 15) is 14.7 Å². The Labute approximate surface area is 193 Å². The molecule has 0 saturated carbocycles. The van der Waals surface area contributed by atoms with Crippen LogP contribution >= 0.6 is 15.9 Å². The van der Waals surface area contributed by atoms with Crippen LogP contribution in [0.15, 0.2) is 82.8 Å².